The number of hydrogen-bond donors (Lipinski definition) is 2. The molecule has 0 spiro atoms. The van der Waals surface area contributed by atoms with Crippen molar-refractivity contribution >= 4 is 11.9 Å². The van der Waals surface area contributed by atoms with Crippen LogP contribution in [0.15, 0.2) is 18.2 Å². The molecule has 2 rings (SSSR count). The molecule has 0 bridgehead atoms. The molecule has 0 saturated heterocycles. The van der Waals surface area contributed by atoms with E-state index in [1.807, 2.05) is 0 Å². The number of aliphatic carboxylic acids is 1. The topological polar surface area (TPSA) is 84.9 Å². The molecule has 1 aromatic rings. The number of carbonyl (C=O) groups excluding carboxylic acids is 1. The minimum atomic E-state index is -0.960. The van der Waals surface area contributed by atoms with Gasteiger partial charge in [-0.1, -0.05) is 19.9 Å². The Bertz CT molecular complexity index is 650. The molecule has 2 N–H and O–H groups in total. The maximum atomic E-state index is 12.8. The summed E-state index contributed by atoms with van der Waals surface area (Å²) in [5.41, 5.74) is 0.694. The van der Waals surface area contributed by atoms with Crippen LogP contribution in [0.25, 0.3) is 0 Å². The van der Waals surface area contributed by atoms with Crippen LogP contribution in [0.4, 0.5) is 0 Å². The Hall–Kier alpha value is -2.24. The van der Waals surface area contributed by atoms with Crippen molar-refractivity contribution < 1.29 is 24.2 Å². The lowest BCUT2D eigenvalue weighted by Gasteiger charge is -2.31. The van der Waals surface area contributed by atoms with Gasteiger partial charge in [0.2, 0.25) is 5.91 Å². The highest BCUT2D eigenvalue weighted by Crippen LogP contribution is 2.35. The zero-order valence-electron chi connectivity index (χ0n) is 16.7. The van der Waals surface area contributed by atoms with Gasteiger partial charge in [0.05, 0.1) is 26.7 Å². The molecule has 1 atom stereocenters. The summed E-state index contributed by atoms with van der Waals surface area (Å²) < 4.78 is 10.5. The highest BCUT2D eigenvalue weighted by atomic mass is 16.5. The Labute approximate surface area is 161 Å². The van der Waals surface area contributed by atoms with Gasteiger partial charge in [0.15, 0.2) is 11.5 Å². The molecule has 0 radical (unpaired) electrons. The van der Waals surface area contributed by atoms with Crippen molar-refractivity contribution in [3.8, 4) is 11.5 Å². The van der Waals surface area contributed by atoms with E-state index in [0.717, 1.165) is 25.7 Å². The van der Waals surface area contributed by atoms with Crippen molar-refractivity contribution in [3.63, 3.8) is 0 Å². The first kappa shape index (κ1) is 21.1. The molecule has 1 aliphatic rings. The SMILES string of the molecule is COc1ccc(C(CC(=O)O)NC(=O)C2CCC(C(C)C)CC2)cc1OC. The van der Waals surface area contributed by atoms with E-state index < -0.39 is 12.0 Å². The first-order valence-corrected chi connectivity index (χ1v) is 9.59. The number of carboxylic acid groups (broad SMARTS) is 1. The molecular weight excluding hydrogens is 346 g/mol. The van der Waals surface area contributed by atoms with Gasteiger partial charge in [-0.15, -0.1) is 0 Å². The first-order valence-electron chi connectivity index (χ1n) is 9.59. The molecule has 0 aromatic heterocycles. The molecule has 1 aromatic carbocycles. The van der Waals surface area contributed by atoms with Crippen LogP contribution in [0.1, 0.15) is 57.6 Å². The second kappa shape index (κ2) is 9.62. The van der Waals surface area contributed by atoms with Crippen molar-refractivity contribution in [2.75, 3.05) is 14.2 Å². The normalized spacial score (nSPS) is 20.8. The minimum absolute atomic E-state index is 0.0450. The lowest BCUT2D eigenvalue weighted by molar-refractivity contribution is -0.138. The smallest absolute Gasteiger partial charge is 0.305 e. The Balaban J connectivity index is 2.10. The number of hydrogen-bond acceptors (Lipinski definition) is 4. The average molecular weight is 377 g/mol. The fourth-order valence-corrected chi connectivity index (χ4v) is 3.83. The molecule has 27 heavy (non-hydrogen) atoms. The van der Waals surface area contributed by atoms with Gasteiger partial charge in [0.25, 0.3) is 0 Å². The van der Waals surface area contributed by atoms with Crippen molar-refractivity contribution in [2.24, 2.45) is 17.8 Å². The number of rotatable bonds is 8. The van der Waals surface area contributed by atoms with E-state index in [4.69, 9.17) is 9.47 Å². The number of benzene rings is 1. The molecular formula is C21H31NO5. The zero-order valence-corrected chi connectivity index (χ0v) is 16.7. The second-order valence-electron chi connectivity index (χ2n) is 7.63. The summed E-state index contributed by atoms with van der Waals surface area (Å²) in [6, 6.07) is 4.62. The van der Waals surface area contributed by atoms with Crippen LogP contribution in [0.2, 0.25) is 0 Å². The zero-order chi connectivity index (χ0) is 20.0. The van der Waals surface area contributed by atoms with Crippen molar-refractivity contribution in [1.82, 2.24) is 5.32 Å². The quantitative estimate of drug-likeness (QED) is 0.720. The number of ether oxygens (including phenoxy) is 2. The monoisotopic (exact) mass is 377 g/mol. The third kappa shape index (κ3) is 5.62. The molecule has 150 valence electrons. The largest absolute Gasteiger partial charge is 0.493 e. The molecule has 1 aliphatic carbocycles. The number of carboxylic acids is 1. The first-order chi connectivity index (χ1) is 12.8. The molecule has 1 fully saturated rings. The van der Waals surface area contributed by atoms with Crippen molar-refractivity contribution in [1.29, 1.82) is 0 Å². The van der Waals surface area contributed by atoms with Crippen LogP contribution >= 0.6 is 0 Å². The standard InChI is InChI=1S/C21H31NO5/c1-13(2)14-5-7-15(8-6-14)21(25)22-17(12-20(23)24)16-9-10-18(26-3)19(11-16)27-4/h9-11,13-15,17H,5-8,12H2,1-4H3,(H,22,25)(H,23,24). The summed E-state index contributed by atoms with van der Waals surface area (Å²) >= 11 is 0. The fraction of sp³-hybridized carbons (Fsp3) is 0.619. The molecule has 1 saturated carbocycles. The van der Waals surface area contributed by atoms with Crippen LogP contribution in [0.5, 0.6) is 11.5 Å². The summed E-state index contributed by atoms with van der Waals surface area (Å²) in [4.78, 5) is 24.1. The number of carbonyl (C=O) groups is 2. The molecule has 6 nitrogen and oxygen atoms in total. The Kier molecular flexibility index (Phi) is 7.51. The van der Waals surface area contributed by atoms with Gasteiger partial charge in [0, 0.05) is 5.92 Å². The van der Waals surface area contributed by atoms with Crippen LogP contribution < -0.4 is 14.8 Å². The summed E-state index contributed by atoms with van der Waals surface area (Å²) in [6.07, 6.45) is 3.65. The van der Waals surface area contributed by atoms with Gasteiger partial charge in [-0.25, -0.2) is 0 Å². The minimum Gasteiger partial charge on any atom is -0.493 e. The van der Waals surface area contributed by atoms with Crippen LogP contribution in [0.3, 0.4) is 0 Å². The van der Waals surface area contributed by atoms with Crippen molar-refractivity contribution in [2.45, 2.75) is 52.0 Å². The fourth-order valence-electron chi connectivity index (χ4n) is 3.83. The van der Waals surface area contributed by atoms with Gasteiger partial charge in [0.1, 0.15) is 0 Å². The van der Waals surface area contributed by atoms with Gasteiger partial charge in [-0.05, 0) is 55.2 Å². The van der Waals surface area contributed by atoms with E-state index in [1.165, 1.54) is 7.11 Å². The lowest BCUT2D eigenvalue weighted by Crippen LogP contribution is -2.37. The number of nitrogens with one attached hydrogen (secondary N) is 1. The van der Waals surface area contributed by atoms with E-state index in [-0.39, 0.29) is 18.2 Å². The maximum Gasteiger partial charge on any atom is 0.305 e. The molecule has 0 aliphatic heterocycles. The van der Waals surface area contributed by atoms with Gasteiger partial charge in [-0.3, -0.25) is 9.59 Å². The van der Waals surface area contributed by atoms with E-state index in [9.17, 15) is 14.7 Å². The predicted octanol–water partition coefficient (Wildman–Crippen LogP) is 3.80. The number of amides is 1. The third-order valence-electron chi connectivity index (χ3n) is 5.59. The average Bonchev–Trinajstić information content (AvgIpc) is 2.66. The third-order valence-corrected chi connectivity index (χ3v) is 5.59. The van der Waals surface area contributed by atoms with Gasteiger partial charge in [-0.2, -0.15) is 0 Å². The van der Waals surface area contributed by atoms with E-state index in [0.29, 0.717) is 28.9 Å². The van der Waals surface area contributed by atoms with E-state index >= 15 is 0 Å². The van der Waals surface area contributed by atoms with Crippen LogP contribution in [-0.4, -0.2) is 31.2 Å². The second-order valence-corrected chi connectivity index (χ2v) is 7.63. The maximum absolute atomic E-state index is 12.8. The predicted molar refractivity (Wildman–Crippen MR) is 103 cm³/mol. The summed E-state index contributed by atoms with van der Waals surface area (Å²) in [6.45, 7) is 4.45. The Morgan fingerprint density at radius 1 is 1.11 bits per heavy atom. The van der Waals surface area contributed by atoms with Crippen LogP contribution in [-0.2, 0) is 9.59 Å². The van der Waals surface area contributed by atoms with Gasteiger partial charge >= 0.3 is 5.97 Å². The highest BCUT2D eigenvalue weighted by molar-refractivity contribution is 5.80. The molecule has 1 amide bonds. The van der Waals surface area contributed by atoms with Gasteiger partial charge < -0.3 is 19.9 Å². The highest BCUT2D eigenvalue weighted by Gasteiger charge is 2.29. The summed E-state index contributed by atoms with van der Waals surface area (Å²) in [5.74, 6) is 1.33. The Morgan fingerprint density at radius 3 is 2.26 bits per heavy atom. The lowest BCUT2D eigenvalue weighted by atomic mass is 9.76. The molecule has 6 heteroatoms. The number of methoxy groups -OCH3 is 2. The van der Waals surface area contributed by atoms with Crippen LogP contribution in [0, 0.1) is 17.8 Å². The summed E-state index contributed by atoms with van der Waals surface area (Å²) in [7, 11) is 3.07. The molecule has 1 unspecified atom stereocenters. The van der Waals surface area contributed by atoms with E-state index in [1.54, 1.807) is 25.3 Å². The summed E-state index contributed by atoms with van der Waals surface area (Å²) in [5, 5.41) is 12.2. The molecule has 0 heterocycles. The van der Waals surface area contributed by atoms with Crippen molar-refractivity contribution in [3.05, 3.63) is 23.8 Å². The Morgan fingerprint density at radius 2 is 1.74 bits per heavy atom. The van der Waals surface area contributed by atoms with E-state index in [2.05, 4.69) is 19.2 Å².